The van der Waals surface area contributed by atoms with Crippen LogP contribution in [-0.2, 0) is 4.79 Å². The van der Waals surface area contributed by atoms with Crippen LogP contribution in [0.5, 0.6) is 0 Å². The highest BCUT2D eigenvalue weighted by molar-refractivity contribution is 5.98. The molecule has 0 aliphatic carbocycles. The lowest BCUT2D eigenvalue weighted by molar-refractivity contribution is -0.138. The number of carbonyl (C=O) groups excluding carboxylic acids is 1. The average Bonchev–Trinajstić information content (AvgIpc) is 2.25. The molecule has 0 aromatic carbocycles. The van der Waals surface area contributed by atoms with Crippen LogP contribution in [-0.4, -0.2) is 28.0 Å². The number of pyridine rings is 1. The van der Waals surface area contributed by atoms with Gasteiger partial charge in [-0.15, -0.1) is 0 Å². The Morgan fingerprint density at radius 1 is 1.47 bits per heavy atom. The Morgan fingerprint density at radius 2 is 2.12 bits per heavy atom. The van der Waals surface area contributed by atoms with Crippen LogP contribution in [0.3, 0.4) is 0 Å². The molecule has 0 bridgehead atoms. The summed E-state index contributed by atoms with van der Waals surface area (Å²) in [4.78, 5) is 26.1. The summed E-state index contributed by atoms with van der Waals surface area (Å²) in [5.74, 6) is -1.59. The first-order chi connectivity index (χ1) is 7.93. The van der Waals surface area contributed by atoms with E-state index in [1.165, 1.54) is 12.3 Å². The normalized spacial score (nSPS) is 12.2. The summed E-state index contributed by atoms with van der Waals surface area (Å²) in [6.45, 7) is 3.53. The number of carboxylic acids is 1. The van der Waals surface area contributed by atoms with Crippen molar-refractivity contribution in [3.63, 3.8) is 0 Å². The molecule has 1 aromatic rings. The predicted molar refractivity (Wildman–Crippen MR) is 62.6 cm³/mol. The van der Waals surface area contributed by atoms with Crippen molar-refractivity contribution in [3.8, 4) is 0 Å². The van der Waals surface area contributed by atoms with Crippen molar-refractivity contribution in [1.82, 2.24) is 4.98 Å². The molecule has 4 N–H and O–H groups in total. The molecule has 6 heteroatoms. The zero-order valence-electron chi connectivity index (χ0n) is 9.68. The Labute approximate surface area is 98.8 Å². The number of aliphatic carboxylic acids is 1. The van der Waals surface area contributed by atoms with E-state index >= 15 is 0 Å². The zero-order chi connectivity index (χ0) is 13.0. The molecule has 1 atom stereocenters. The maximum absolute atomic E-state index is 11.1. The number of aromatic nitrogens is 1. The Hall–Kier alpha value is -2.11. The molecule has 0 aliphatic heterocycles. The minimum Gasteiger partial charge on any atom is -0.480 e. The Kier molecular flexibility index (Phi) is 4.03. The first-order valence-electron chi connectivity index (χ1n) is 5.17. The number of hydrogen-bond acceptors (Lipinski definition) is 4. The molecule has 1 heterocycles. The fraction of sp³-hybridized carbons (Fsp3) is 0.364. The van der Waals surface area contributed by atoms with E-state index < -0.39 is 17.9 Å². The number of hydrogen-bond donors (Lipinski definition) is 3. The van der Waals surface area contributed by atoms with Gasteiger partial charge in [0.25, 0.3) is 5.91 Å². The van der Waals surface area contributed by atoms with Gasteiger partial charge in [0.15, 0.2) is 0 Å². The van der Waals surface area contributed by atoms with Crippen LogP contribution >= 0.6 is 0 Å². The fourth-order valence-corrected chi connectivity index (χ4v) is 1.38. The quantitative estimate of drug-likeness (QED) is 0.699. The lowest BCUT2D eigenvalue weighted by atomic mass is 10.0. The van der Waals surface area contributed by atoms with E-state index in [1.807, 2.05) is 0 Å². The Balaban J connectivity index is 3.01. The Morgan fingerprint density at radius 3 is 2.59 bits per heavy atom. The molecule has 0 spiro atoms. The number of carboxylic acid groups (broad SMARTS) is 1. The van der Waals surface area contributed by atoms with Gasteiger partial charge in [-0.2, -0.15) is 0 Å². The van der Waals surface area contributed by atoms with E-state index in [0.717, 1.165) is 0 Å². The summed E-state index contributed by atoms with van der Waals surface area (Å²) in [6.07, 6.45) is 1.47. The highest BCUT2D eigenvalue weighted by atomic mass is 16.4. The second kappa shape index (κ2) is 5.29. The van der Waals surface area contributed by atoms with Gasteiger partial charge in [-0.25, -0.2) is 9.78 Å². The molecule has 0 saturated heterocycles. The number of primary amides is 1. The van der Waals surface area contributed by atoms with Gasteiger partial charge >= 0.3 is 5.97 Å². The molecule has 0 aliphatic rings. The summed E-state index contributed by atoms with van der Waals surface area (Å²) in [7, 11) is 0. The summed E-state index contributed by atoms with van der Waals surface area (Å²) in [5.41, 5.74) is 5.36. The van der Waals surface area contributed by atoms with E-state index in [0.29, 0.717) is 0 Å². The SMILES string of the molecule is CC(C)C(Nc1ncccc1C(N)=O)C(=O)O. The van der Waals surface area contributed by atoms with E-state index in [4.69, 9.17) is 10.8 Å². The highest BCUT2D eigenvalue weighted by Crippen LogP contribution is 2.15. The van der Waals surface area contributed by atoms with Gasteiger partial charge in [0, 0.05) is 6.20 Å². The zero-order valence-corrected chi connectivity index (χ0v) is 9.68. The number of nitrogens with one attached hydrogen (secondary N) is 1. The van der Waals surface area contributed by atoms with Gasteiger partial charge in [-0.3, -0.25) is 4.79 Å². The van der Waals surface area contributed by atoms with Crippen molar-refractivity contribution in [2.75, 3.05) is 5.32 Å². The second-order valence-electron chi connectivity index (χ2n) is 3.97. The fourth-order valence-electron chi connectivity index (χ4n) is 1.38. The molecule has 1 rings (SSSR count). The number of carbonyl (C=O) groups is 2. The number of nitrogens with zero attached hydrogens (tertiary/aromatic N) is 1. The number of rotatable bonds is 5. The van der Waals surface area contributed by atoms with Crippen molar-refractivity contribution < 1.29 is 14.7 Å². The number of amides is 1. The molecule has 0 radical (unpaired) electrons. The minimum absolute atomic E-state index is 0.143. The van der Waals surface area contributed by atoms with Gasteiger partial charge < -0.3 is 16.2 Å². The van der Waals surface area contributed by atoms with E-state index in [1.54, 1.807) is 19.9 Å². The third-order valence-corrected chi connectivity index (χ3v) is 2.30. The van der Waals surface area contributed by atoms with E-state index in [-0.39, 0.29) is 17.3 Å². The molecular formula is C11H15N3O3. The minimum atomic E-state index is -0.999. The van der Waals surface area contributed by atoms with Crippen LogP contribution in [0.15, 0.2) is 18.3 Å². The van der Waals surface area contributed by atoms with Crippen molar-refractivity contribution in [2.24, 2.45) is 11.7 Å². The summed E-state index contributed by atoms with van der Waals surface area (Å²) in [6, 6.07) is 2.25. The van der Waals surface area contributed by atoms with Crippen molar-refractivity contribution in [2.45, 2.75) is 19.9 Å². The summed E-state index contributed by atoms with van der Waals surface area (Å²) >= 11 is 0. The molecule has 1 amide bonds. The maximum Gasteiger partial charge on any atom is 0.326 e. The first kappa shape index (κ1) is 13.0. The lowest BCUT2D eigenvalue weighted by Crippen LogP contribution is -2.35. The number of nitrogens with two attached hydrogens (primary N) is 1. The van der Waals surface area contributed by atoms with Crippen molar-refractivity contribution in [1.29, 1.82) is 0 Å². The van der Waals surface area contributed by atoms with E-state index in [2.05, 4.69) is 10.3 Å². The van der Waals surface area contributed by atoms with Crippen molar-refractivity contribution >= 4 is 17.7 Å². The van der Waals surface area contributed by atoms with Crippen LogP contribution < -0.4 is 11.1 Å². The maximum atomic E-state index is 11.1. The predicted octanol–water partition coefficient (Wildman–Crippen LogP) is 0.702. The van der Waals surface area contributed by atoms with Gasteiger partial charge in [-0.05, 0) is 18.1 Å². The third kappa shape index (κ3) is 3.17. The molecule has 0 fully saturated rings. The third-order valence-electron chi connectivity index (χ3n) is 2.30. The lowest BCUT2D eigenvalue weighted by Gasteiger charge is -2.19. The van der Waals surface area contributed by atoms with Crippen molar-refractivity contribution in [3.05, 3.63) is 23.9 Å². The molecule has 92 valence electrons. The monoisotopic (exact) mass is 237 g/mol. The molecular weight excluding hydrogens is 222 g/mol. The van der Waals surface area contributed by atoms with Crippen LogP contribution in [0.2, 0.25) is 0 Å². The second-order valence-corrected chi connectivity index (χ2v) is 3.97. The Bertz CT molecular complexity index is 432. The van der Waals surface area contributed by atoms with Crippen LogP contribution in [0.4, 0.5) is 5.82 Å². The molecule has 0 saturated carbocycles. The molecule has 1 aromatic heterocycles. The summed E-state index contributed by atoms with van der Waals surface area (Å²) < 4.78 is 0. The van der Waals surface area contributed by atoms with E-state index in [9.17, 15) is 9.59 Å². The van der Waals surface area contributed by atoms with Crippen LogP contribution in [0.1, 0.15) is 24.2 Å². The standard InChI is InChI=1S/C11H15N3O3/c1-6(2)8(11(16)17)14-10-7(9(12)15)4-3-5-13-10/h3-6,8H,1-2H3,(H2,12,15)(H,13,14)(H,16,17). The molecule has 6 nitrogen and oxygen atoms in total. The van der Waals surface area contributed by atoms with Gasteiger partial charge in [-0.1, -0.05) is 13.8 Å². The smallest absolute Gasteiger partial charge is 0.326 e. The number of anilines is 1. The molecule has 17 heavy (non-hydrogen) atoms. The first-order valence-corrected chi connectivity index (χ1v) is 5.17. The van der Waals surface area contributed by atoms with Gasteiger partial charge in [0.05, 0.1) is 5.56 Å². The largest absolute Gasteiger partial charge is 0.480 e. The molecule has 1 unspecified atom stereocenters. The topological polar surface area (TPSA) is 105 Å². The van der Waals surface area contributed by atoms with Crippen LogP contribution in [0, 0.1) is 5.92 Å². The highest BCUT2D eigenvalue weighted by Gasteiger charge is 2.23. The van der Waals surface area contributed by atoms with Gasteiger partial charge in [0.1, 0.15) is 11.9 Å². The van der Waals surface area contributed by atoms with Gasteiger partial charge in [0.2, 0.25) is 0 Å². The van der Waals surface area contributed by atoms with Crippen LogP contribution in [0.25, 0.3) is 0 Å². The average molecular weight is 237 g/mol. The summed E-state index contributed by atoms with van der Waals surface area (Å²) in [5, 5.41) is 11.7.